The van der Waals surface area contributed by atoms with Crippen molar-refractivity contribution >= 4 is 5.97 Å². The minimum atomic E-state index is -1.02. The van der Waals surface area contributed by atoms with E-state index in [4.69, 9.17) is 9.47 Å². The molecule has 0 aromatic carbocycles. The van der Waals surface area contributed by atoms with E-state index in [2.05, 4.69) is 6.92 Å². The zero-order valence-electron chi connectivity index (χ0n) is 22.3. The van der Waals surface area contributed by atoms with Crippen LogP contribution < -0.4 is 11.2 Å². The van der Waals surface area contributed by atoms with Gasteiger partial charge in [-0.3, -0.25) is 18.7 Å². The Bertz CT molecular complexity index is 860. The number of ether oxygens (including phenoxy) is 2. The quantitative estimate of drug-likeness (QED) is 0.153. The first-order valence-corrected chi connectivity index (χ1v) is 14.3. The predicted molar refractivity (Wildman–Crippen MR) is 140 cm³/mol. The lowest BCUT2D eigenvalue weighted by atomic mass is 10.0. The Morgan fingerprint density at radius 1 is 0.944 bits per heavy atom. The van der Waals surface area contributed by atoms with Crippen LogP contribution in [0.25, 0.3) is 0 Å². The van der Waals surface area contributed by atoms with Crippen molar-refractivity contribution in [3.05, 3.63) is 32.9 Å². The van der Waals surface area contributed by atoms with E-state index < -0.39 is 23.3 Å². The molecule has 0 unspecified atom stereocenters. The van der Waals surface area contributed by atoms with Crippen LogP contribution in [0, 0.1) is 5.82 Å². The molecule has 1 saturated heterocycles. The maximum absolute atomic E-state index is 14.0. The van der Waals surface area contributed by atoms with Gasteiger partial charge >= 0.3 is 11.7 Å². The fourth-order valence-corrected chi connectivity index (χ4v) is 4.73. The molecule has 8 heteroatoms. The Balaban J connectivity index is 1.49. The standard InChI is InChI=1S/C28H47FN2O5/c1-2-3-4-5-6-7-8-9-10-11-12-13-14-15-16-19-26(32)36-22-20-30-27(33)24(29)23-31(28(30)34)25-18-17-21-35-25/h23,25H,2-22H2,1H3/t25-/m1/s1. The highest BCUT2D eigenvalue weighted by Gasteiger charge is 2.22. The molecule has 1 aliphatic rings. The van der Waals surface area contributed by atoms with Crippen LogP contribution in [0.2, 0.25) is 0 Å². The Morgan fingerprint density at radius 3 is 2.03 bits per heavy atom. The second kappa shape index (κ2) is 18.3. The number of carbonyl (C=O) groups excluding carboxylic acids is 1. The minimum Gasteiger partial charge on any atom is -0.464 e. The number of rotatable bonds is 20. The van der Waals surface area contributed by atoms with Gasteiger partial charge in [0.2, 0.25) is 5.82 Å². The van der Waals surface area contributed by atoms with Gasteiger partial charge in [0.25, 0.3) is 5.56 Å². The van der Waals surface area contributed by atoms with Crippen molar-refractivity contribution in [1.29, 1.82) is 0 Å². The lowest BCUT2D eigenvalue weighted by Gasteiger charge is -2.15. The maximum atomic E-state index is 14.0. The van der Waals surface area contributed by atoms with Crippen molar-refractivity contribution in [3.63, 3.8) is 0 Å². The molecule has 7 nitrogen and oxygen atoms in total. The predicted octanol–water partition coefficient (Wildman–Crippen LogP) is 6.26. The van der Waals surface area contributed by atoms with E-state index in [-0.39, 0.29) is 19.1 Å². The summed E-state index contributed by atoms with van der Waals surface area (Å²) in [6.07, 6.45) is 20.9. The van der Waals surface area contributed by atoms with Crippen molar-refractivity contribution in [2.45, 2.75) is 135 Å². The Hall–Kier alpha value is -1.96. The van der Waals surface area contributed by atoms with Crippen molar-refractivity contribution in [2.75, 3.05) is 13.2 Å². The molecular formula is C28H47FN2O5. The van der Waals surface area contributed by atoms with E-state index in [0.29, 0.717) is 19.4 Å². The van der Waals surface area contributed by atoms with Crippen molar-refractivity contribution in [2.24, 2.45) is 0 Å². The monoisotopic (exact) mass is 510 g/mol. The first kappa shape index (κ1) is 30.3. The van der Waals surface area contributed by atoms with Gasteiger partial charge in [-0.2, -0.15) is 4.39 Å². The SMILES string of the molecule is CCCCCCCCCCCCCCCCCC(=O)OCCn1c(=O)c(F)cn([C@H]2CCCO2)c1=O. The van der Waals surface area contributed by atoms with Crippen LogP contribution in [0.1, 0.15) is 129 Å². The number of nitrogens with zero attached hydrogens (tertiary/aromatic N) is 2. The average molecular weight is 511 g/mol. The summed E-state index contributed by atoms with van der Waals surface area (Å²) in [5.74, 6) is -1.37. The third-order valence-corrected chi connectivity index (χ3v) is 6.93. The largest absolute Gasteiger partial charge is 0.464 e. The van der Waals surface area contributed by atoms with Crippen molar-refractivity contribution in [1.82, 2.24) is 9.13 Å². The van der Waals surface area contributed by atoms with Gasteiger partial charge in [0, 0.05) is 13.0 Å². The molecule has 0 spiro atoms. The van der Waals surface area contributed by atoms with Crippen LogP contribution in [0.4, 0.5) is 4.39 Å². The fraction of sp³-hybridized carbons (Fsp3) is 0.821. The van der Waals surface area contributed by atoms with Gasteiger partial charge in [0.1, 0.15) is 12.8 Å². The van der Waals surface area contributed by atoms with Crippen LogP contribution in [-0.4, -0.2) is 28.3 Å². The summed E-state index contributed by atoms with van der Waals surface area (Å²) in [6, 6.07) is 0. The third kappa shape index (κ3) is 11.4. The molecule has 2 heterocycles. The summed E-state index contributed by atoms with van der Waals surface area (Å²) in [5, 5.41) is 0. The van der Waals surface area contributed by atoms with Crippen molar-refractivity contribution < 1.29 is 18.7 Å². The highest BCUT2D eigenvalue weighted by atomic mass is 19.1. The second-order valence-electron chi connectivity index (χ2n) is 10.0. The molecule has 1 atom stereocenters. The summed E-state index contributed by atoms with van der Waals surface area (Å²) >= 11 is 0. The lowest BCUT2D eigenvalue weighted by Crippen LogP contribution is -2.43. The molecule has 0 aliphatic carbocycles. The molecule has 36 heavy (non-hydrogen) atoms. The van der Waals surface area contributed by atoms with Gasteiger partial charge in [0.05, 0.1) is 12.7 Å². The number of hydrogen-bond donors (Lipinski definition) is 0. The molecule has 0 saturated carbocycles. The molecule has 0 N–H and O–H groups in total. The Labute approximate surface area is 215 Å². The summed E-state index contributed by atoms with van der Waals surface area (Å²) in [4.78, 5) is 36.6. The van der Waals surface area contributed by atoms with E-state index in [0.717, 1.165) is 41.0 Å². The normalized spacial score (nSPS) is 15.4. The fourth-order valence-electron chi connectivity index (χ4n) is 4.73. The van der Waals surface area contributed by atoms with Gasteiger partial charge in [-0.25, -0.2) is 4.79 Å². The third-order valence-electron chi connectivity index (χ3n) is 6.93. The zero-order valence-corrected chi connectivity index (χ0v) is 22.3. The molecule has 1 aliphatic heterocycles. The average Bonchev–Trinajstić information content (AvgIpc) is 3.40. The van der Waals surface area contributed by atoms with Crippen LogP contribution in [-0.2, 0) is 20.8 Å². The van der Waals surface area contributed by atoms with E-state index in [1.807, 2.05) is 0 Å². The Morgan fingerprint density at radius 2 is 1.50 bits per heavy atom. The smallest absolute Gasteiger partial charge is 0.333 e. The van der Waals surface area contributed by atoms with E-state index >= 15 is 0 Å². The number of esters is 1. The summed E-state index contributed by atoms with van der Waals surface area (Å²) in [7, 11) is 0. The molecule has 0 amide bonds. The molecular weight excluding hydrogens is 463 g/mol. The van der Waals surface area contributed by atoms with Gasteiger partial charge in [0.15, 0.2) is 0 Å². The van der Waals surface area contributed by atoms with Crippen LogP contribution in [0.5, 0.6) is 0 Å². The molecule has 1 fully saturated rings. The lowest BCUT2D eigenvalue weighted by molar-refractivity contribution is -0.144. The van der Waals surface area contributed by atoms with Crippen LogP contribution >= 0.6 is 0 Å². The molecule has 206 valence electrons. The molecule has 2 rings (SSSR count). The summed E-state index contributed by atoms with van der Waals surface area (Å²) in [5.41, 5.74) is -1.65. The first-order chi connectivity index (χ1) is 17.5. The molecule has 0 bridgehead atoms. The number of aromatic nitrogens is 2. The molecule has 1 aromatic heterocycles. The summed E-state index contributed by atoms with van der Waals surface area (Å²) in [6.45, 7) is 2.44. The van der Waals surface area contributed by atoms with Gasteiger partial charge in [-0.05, 0) is 19.3 Å². The second-order valence-corrected chi connectivity index (χ2v) is 10.0. The Kier molecular flexibility index (Phi) is 15.4. The number of unbranched alkanes of at least 4 members (excludes halogenated alkanes) is 14. The highest BCUT2D eigenvalue weighted by molar-refractivity contribution is 5.69. The topological polar surface area (TPSA) is 79.5 Å². The molecule has 0 radical (unpaired) electrons. The maximum Gasteiger partial charge on any atom is 0.333 e. The van der Waals surface area contributed by atoms with Crippen LogP contribution in [0.15, 0.2) is 15.8 Å². The van der Waals surface area contributed by atoms with Crippen LogP contribution in [0.3, 0.4) is 0 Å². The van der Waals surface area contributed by atoms with E-state index in [1.54, 1.807) is 0 Å². The molecule has 1 aromatic rings. The van der Waals surface area contributed by atoms with E-state index in [1.165, 1.54) is 77.0 Å². The highest BCUT2D eigenvalue weighted by Crippen LogP contribution is 2.20. The van der Waals surface area contributed by atoms with Gasteiger partial charge in [-0.15, -0.1) is 0 Å². The minimum absolute atomic E-state index is 0.137. The zero-order chi connectivity index (χ0) is 26.0. The van der Waals surface area contributed by atoms with Crippen molar-refractivity contribution in [3.8, 4) is 0 Å². The number of halogens is 1. The number of carbonyl (C=O) groups is 1. The summed E-state index contributed by atoms with van der Waals surface area (Å²) < 4.78 is 26.5. The van der Waals surface area contributed by atoms with Gasteiger partial charge in [-0.1, -0.05) is 96.8 Å². The van der Waals surface area contributed by atoms with E-state index in [9.17, 15) is 18.8 Å². The first-order valence-electron chi connectivity index (χ1n) is 14.3. The van der Waals surface area contributed by atoms with Gasteiger partial charge < -0.3 is 9.47 Å². The number of hydrogen-bond acceptors (Lipinski definition) is 5.